The van der Waals surface area contributed by atoms with Crippen molar-refractivity contribution in [3.8, 4) is 0 Å². The molecule has 0 saturated carbocycles. The Morgan fingerprint density at radius 3 is 2.50 bits per heavy atom. The van der Waals surface area contributed by atoms with Gasteiger partial charge in [-0.2, -0.15) is 5.10 Å². The van der Waals surface area contributed by atoms with Gasteiger partial charge in [-0.25, -0.2) is 17.7 Å². The van der Waals surface area contributed by atoms with Gasteiger partial charge >= 0.3 is 0 Å². The Morgan fingerprint density at radius 1 is 1.23 bits per heavy atom. The SMILES string of the molecule is Cc1nc(C2CCN(S(=O)(=O)Cc3ccccc3)CC2)n[nH]1. The molecule has 22 heavy (non-hydrogen) atoms. The summed E-state index contributed by atoms with van der Waals surface area (Å²) >= 11 is 0. The molecule has 1 N–H and O–H groups in total. The van der Waals surface area contributed by atoms with E-state index in [0.29, 0.717) is 13.1 Å². The molecule has 7 heteroatoms. The van der Waals surface area contributed by atoms with E-state index in [9.17, 15) is 8.42 Å². The number of hydrogen-bond donors (Lipinski definition) is 1. The monoisotopic (exact) mass is 320 g/mol. The highest BCUT2D eigenvalue weighted by atomic mass is 32.2. The van der Waals surface area contributed by atoms with Crippen molar-refractivity contribution in [3.63, 3.8) is 0 Å². The predicted octanol–water partition coefficient (Wildman–Crippen LogP) is 1.82. The summed E-state index contributed by atoms with van der Waals surface area (Å²) in [4.78, 5) is 4.35. The Labute approximate surface area is 130 Å². The molecule has 0 radical (unpaired) electrons. The third kappa shape index (κ3) is 3.36. The van der Waals surface area contributed by atoms with E-state index in [1.807, 2.05) is 37.3 Å². The molecular weight excluding hydrogens is 300 g/mol. The van der Waals surface area contributed by atoms with Crippen molar-refractivity contribution in [2.24, 2.45) is 0 Å². The van der Waals surface area contributed by atoms with Gasteiger partial charge in [0.05, 0.1) is 5.75 Å². The van der Waals surface area contributed by atoms with E-state index in [1.165, 1.54) is 0 Å². The van der Waals surface area contributed by atoms with Crippen LogP contribution in [0.3, 0.4) is 0 Å². The van der Waals surface area contributed by atoms with E-state index in [2.05, 4.69) is 15.2 Å². The summed E-state index contributed by atoms with van der Waals surface area (Å²) in [5, 5.41) is 7.04. The van der Waals surface area contributed by atoms with E-state index >= 15 is 0 Å². The number of aromatic amines is 1. The van der Waals surface area contributed by atoms with Crippen LogP contribution < -0.4 is 0 Å². The Balaban J connectivity index is 1.63. The van der Waals surface area contributed by atoms with Gasteiger partial charge in [-0.15, -0.1) is 0 Å². The topological polar surface area (TPSA) is 79.0 Å². The van der Waals surface area contributed by atoms with E-state index in [1.54, 1.807) is 4.31 Å². The molecule has 1 saturated heterocycles. The largest absolute Gasteiger partial charge is 0.263 e. The lowest BCUT2D eigenvalue weighted by atomic mass is 9.98. The Bertz CT molecular complexity index is 719. The zero-order chi connectivity index (χ0) is 15.6. The predicted molar refractivity (Wildman–Crippen MR) is 83.7 cm³/mol. The lowest BCUT2D eigenvalue weighted by Gasteiger charge is -2.30. The molecule has 0 atom stereocenters. The van der Waals surface area contributed by atoms with Gasteiger partial charge in [-0.1, -0.05) is 30.3 Å². The molecule has 3 rings (SSSR count). The number of H-pyrrole nitrogens is 1. The van der Waals surface area contributed by atoms with Gasteiger partial charge in [-0.05, 0) is 25.3 Å². The van der Waals surface area contributed by atoms with Gasteiger partial charge in [0.2, 0.25) is 10.0 Å². The Kier molecular flexibility index (Phi) is 4.26. The zero-order valence-electron chi connectivity index (χ0n) is 12.6. The number of benzene rings is 1. The molecule has 2 heterocycles. The van der Waals surface area contributed by atoms with Crippen LogP contribution in [0.5, 0.6) is 0 Å². The quantitative estimate of drug-likeness (QED) is 0.932. The molecule has 0 spiro atoms. The second-order valence-corrected chi connectivity index (χ2v) is 7.66. The first-order valence-corrected chi connectivity index (χ1v) is 9.06. The number of aromatic nitrogens is 3. The molecule has 2 aromatic rings. The number of sulfonamides is 1. The van der Waals surface area contributed by atoms with Crippen LogP contribution in [0.2, 0.25) is 0 Å². The van der Waals surface area contributed by atoms with Crippen LogP contribution in [0.4, 0.5) is 0 Å². The summed E-state index contributed by atoms with van der Waals surface area (Å²) in [7, 11) is -3.25. The summed E-state index contributed by atoms with van der Waals surface area (Å²) in [6.45, 7) is 2.94. The van der Waals surface area contributed by atoms with Gasteiger partial charge in [-0.3, -0.25) is 5.10 Å². The van der Waals surface area contributed by atoms with Gasteiger partial charge in [0.1, 0.15) is 5.82 Å². The van der Waals surface area contributed by atoms with Crippen LogP contribution in [-0.4, -0.2) is 41.0 Å². The molecule has 1 aliphatic rings. The third-order valence-corrected chi connectivity index (χ3v) is 5.87. The number of nitrogens with one attached hydrogen (secondary N) is 1. The fourth-order valence-electron chi connectivity index (χ4n) is 2.81. The molecule has 118 valence electrons. The Hall–Kier alpha value is -1.73. The molecule has 6 nitrogen and oxygen atoms in total. The minimum atomic E-state index is -3.25. The number of hydrogen-bond acceptors (Lipinski definition) is 4. The van der Waals surface area contributed by atoms with Crippen molar-refractivity contribution in [1.29, 1.82) is 0 Å². The van der Waals surface area contributed by atoms with Crippen molar-refractivity contribution in [2.45, 2.75) is 31.4 Å². The lowest BCUT2D eigenvalue weighted by molar-refractivity contribution is 0.313. The van der Waals surface area contributed by atoms with E-state index in [-0.39, 0.29) is 11.7 Å². The highest BCUT2D eigenvalue weighted by Gasteiger charge is 2.30. The maximum absolute atomic E-state index is 12.5. The fraction of sp³-hybridized carbons (Fsp3) is 0.467. The van der Waals surface area contributed by atoms with Crippen molar-refractivity contribution in [1.82, 2.24) is 19.5 Å². The summed E-state index contributed by atoms with van der Waals surface area (Å²) in [6.07, 6.45) is 1.54. The van der Waals surface area contributed by atoms with Crippen LogP contribution in [0.1, 0.15) is 36.0 Å². The van der Waals surface area contributed by atoms with Crippen molar-refractivity contribution in [2.75, 3.05) is 13.1 Å². The molecule has 0 bridgehead atoms. The molecule has 1 aromatic heterocycles. The van der Waals surface area contributed by atoms with Gasteiger partial charge in [0, 0.05) is 19.0 Å². The second-order valence-electron chi connectivity index (χ2n) is 5.69. The number of piperidine rings is 1. The van der Waals surface area contributed by atoms with Gasteiger partial charge < -0.3 is 0 Å². The molecule has 0 unspecified atom stereocenters. The van der Waals surface area contributed by atoms with Crippen molar-refractivity contribution < 1.29 is 8.42 Å². The first kappa shape index (κ1) is 15.2. The Morgan fingerprint density at radius 2 is 1.91 bits per heavy atom. The molecule has 1 aromatic carbocycles. The van der Waals surface area contributed by atoms with Crippen molar-refractivity contribution in [3.05, 3.63) is 47.5 Å². The van der Waals surface area contributed by atoms with Crippen LogP contribution in [0.25, 0.3) is 0 Å². The normalized spacial score (nSPS) is 17.7. The second kappa shape index (κ2) is 6.18. The van der Waals surface area contributed by atoms with Crippen LogP contribution in [-0.2, 0) is 15.8 Å². The summed E-state index contributed by atoms with van der Waals surface area (Å²) in [5.41, 5.74) is 0.828. The highest BCUT2D eigenvalue weighted by molar-refractivity contribution is 7.88. The van der Waals surface area contributed by atoms with Crippen LogP contribution >= 0.6 is 0 Å². The summed E-state index contributed by atoms with van der Waals surface area (Å²) in [5.74, 6) is 1.91. The lowest BCUT2D eigenvalue weighted by Crippen LogP contribution is -2.38. The van der Waals surface area contributed by atoms with E-state index in [4.69, 9.17) is 0 Å². The third-order valence-electron chi connectivity index (χ3n) is 4.02. The van der Waals surface area contributed by atoms with Crippen LogP contribution in [0, 0.1) is 6.92 Å². The molecule has 1 fully saturated rings. The smallest absolute Gasteiger partial charge is 0.218 e. The number of rotatable bonds is 4. The number of nitrogens with zero attached hydrogens (tertiary/aromatic N) is 3. The maximum Gasteiger partial charge on any atom is 0.218 e. The van der Waals surface area contributed by atoms with Gasteiger partial charge in [0.15, 0.2) is 5.82 Å². The first-order chi connectivity index (χ1) is 10.5. The summed E-state index contributed by atoms with van der Waals surface area (Å²) < 4.78 is 26.6. The summed E-state index contributed by atoms with van der Waals surface area (Å²) in [6, 6.07) is 9.31. The average Bonchev–Trinajstić information content (AvgIpc) is 2.95. The average molecular weight is 320 g/mol. The van der Waals surface area contributed by atoms with E-state index < -0.39 is 10.0 Å². The minimum absolute atomic E-state index is 0.0677. The van der Waals surface area contributed by atoms with Gasteiger partial charge in [0.25, 0.3) is 0 Å². The van der Waals surface area contributed by atoms with E-state index in [0.717, 1.165) is 30.1 Å². The molecule has 1 aliphatic heterocycles. The first-order valence-electron chi connectivity index (χ1n) is 7.45. The minimum Gasteiger partial charge on any atom is -0.263 e. The van der Waals surface area contributed by atoms with Crippen molar-refractivity contribution >= 4 is 10.0 Å². The fourth-order valence-corrected chi connectivity index (χ4v) is 4.37. The maximum atomic E-state index is 12.5. The zero-order valence-corrected chi connectivity index (χ0v) is 13.4. The molecule has 0 aliphatic carbocycles. The molecule has 0 amide bonds. The standard InChI is InChI=1S/C15H20N4O2S/c1-12-16-15(18-17-12)14-7-9-19(10-8-14)22(20,21)11-13-5-3-2-4-6-13/h2-6,14H,7-11H2,1H3,(H,16,17,18). The number of aryl methyl sites for hydroxylation is 1. The molecular formula is C15H20N4O2S. The highest BCUT2D eigenvalue weighted by Crippen LogP contribution is 2.27. The van der Waals surface area contributed by atoms with Crippen LogP contribution in [0.15, 0.2) is 30.3 Å².